The standard InChI is InChI=1S/C19H26N4OS/c1-19(2,3)17-20-18(22-21-17)25-15(14-10-6-4-7-11-14)16(24)23-12-8-5-9-13-23/h4,6-7,10-11,15H,5,8-9,12-13H2,1-3H3,(H,20,21,22). The summed E-state index contributed by atoms with van der Waals surface area (Å²) in [6, 6.07) is 9.95. The molecule has 1 fully saturated rings. The maximum Gasteiger partial charge on any atom is 0.240 e. The van der Waals surface area contributed by atoms with Gasteiger partial charge in [-0.05, 0) is 24.8 Å². The van der Waals surface area contributed by atoms with Crippen LogP contribution in [0.25, 0.3) is 0 Å². The van der Waals surface area contributed by atoms with Crippen LogP contribution in [0.3, 0.4) is 0 Å². The van der Waals surface area contributed by atoms with Gasteiger partial charge >= 0.3 is 0 Å². The number of rotatable bonds is 4. The number of hydrogen-bond acceptors (Lipinski definition) is 4. The van der Waals surface area contributed by atoms with Gasteiger partial charge in [-0.15, -0.1) is 5.10 Å². The van der Waals surface area contributed by atoms with Crippen molar-refractivity contribution >= 4 is 17.7 Å². The minimum absolute atomic E-state index is 0.0923. The van der Waals surface area contributed by atoms with E-state index >= 15 is 0 Å². The van der Waals surface area contributed by atoms with Gasteiger partial charge in [0.15, 0.2) is 0 Å². The van der Waals surface area contributed by atoms with E-state index in [1.807, 2.05) is 35.2 Å². The van der Waals surface area contributed by atoms with Crippen molar-refractivity contribution in [2.45, 2.75) is 55.9 Å². The number of likely N-dealkylation sites (tertiary alicyclic amines) is 1. The fourth-order valence-corrected chi connectivity index (χ4v) is 3.91. The number of hydrogen-bond donors (Lipinski definition) is 1. The summed E-state index contributed by atoms with van der Waals surface area (Å²) in [6.07, 6.45) is 3.39. The van der Waals surface area contributed by atoms with Crippen LogP contribution in [0.2, 0.25) is 0 Å². The summed E-state index contributed by atoms with van der Waals surface area (Å²) >= 11 is 1.44. The molecule has 1 unspecified atom stereocenters. The zero-order valence-electron chi connectivity index (χ0n) is 15.2. The summed E-state index contributed by atoms with van der Waals surface area (Å²) in [5, 5.41) is 7.67. The number of amides is 1. The molecular formula is C19H26N4OS. The molecule has 134 valence electrons. The molecule has 6 heteroatoms. The minimum Gasteiger partial charge on any atom is -0.341 e. The van der Waals surface area contributed by atoms with E-state index in [4.69, 9.17) is 0 Å². The van der Waals surface area contributed by atoms with Crippen molar-refractivity contribution in [3.8, 4) is 0 Å². The monoisotopic (exact) mass is 358 g/mol. The summed E-state index contributed by atoms with van der Waals surface area (Å²) in [5.41, 5.74) is 0.912. The van der Waals surface area contributed by atoms with Gasteiger partial charge in [0.2, 0.25) is 11.1 Å². The van der Waals surface area contributed by atoms with Crippen molar-refractivity contribution in [3.63, 3.8) is 0 Å². The highest BCUT2D eigenvalue weighted by molar-refractivity contribution is 8.00. The fourth-order valence-electron chi connectivity index (χ4n) is 2.91. The van der Waals surface area contributed by atoms with Crippen LogP contribution >= 0.6 is 11.8 Å². The van der Waals surface area contributed by atoms with Crippen LogP contribution in [0.4, 0.5) is 0 Å². The van der Waals surface area contributed by atoms with Crippen molar-refractivity contribution in [2.24, 2.45) is 0 Å². The number of H-pyrrole nitrogens is 1. The second-order valence-corrected chi connectivity index (χ2v) is 8.58. The maximum absolute atomic E-state index is 13.1. The molecular weight excluding hydrogens is 332 g/mol. The summed E-state index contributed by atoms with van der Waals surface area (Å²) < 4.78 is 0. The van der Waals surface area contributed by atoms with E-state index in [1.54, 1.807) is 0 Å². The molecule has 25 heavy (non-hydrogen) atoms. The normalized spacial score (nSPS) is 16.7. The molecule has 1 aliphatic rings. The molecule has 1 aromatic heterocycles. The number of carbonyl (C=O) groups is 1. The Bertz CT molecular complexity index is 702. The van der Waals surface area contributed by atoms with Crippen LogP contribution in [0, 0.1) is 0 Å². The second kappa shape index (κ2) is 7.60. The van der Waals surface area contributed by atoms with E-state index < -0.39 is 0 Å². The fraction of sp³-hybridized carbons (Fsp3) is 0.526. The van der Waals surface area contributed by atoms with Crippen molar-refractivity contribution in [1.82, 2.24) is 20.1 Å². The van der Waals surface area contributed by atoms with Gasteiger partial charge < -0.3 is 4.90 Å². The molecule has 1 aromatic carbocycles. The largest absolute Gasteiger partial charge is 0.341 e. The third-order valence-corrected chi connectivity index (χ3v) is 5.50. The first-order valence-corrected chi connectivity index (χ1v) is 9.76. The molecule has 0 radical (unpaired) electrons. The molecule has 2 heterocycles. The third-order valence-electron chi connectivity index (χ3n) is 4.39. The summed E-state index contributed by atoms with van der Waals surface area (Å²) in [6.45, 7) is 7.98. The molecule has 1 N–H and O–H groups in total. The lowest BCUT2D eigenvalue weighted by atomic mass is 9.96. The smallest absolute Gasteiger partial charge is 0.240 e. The Morgan fingerprint density at radius 2 is 1.84 bits per heavy atom. The topological polar surface area (TPSA) is 61.9 Å². The van der Waals surface area contributed by atoms with Gasteiger partial charge in [-0.25, -0.2) is 4.98 Å². The first-order chi connectivity index (χ1) is 11.9. The highest BCUT2D eigenvalue weighted by atomic mass is 32.2. The Morgan fingerprint density at radius 1 is 1.16 bits per heavy atom. The number of benzene rings is 1. The number of nitrogens with one attached hydrogen (secondary N) is 1. The van der Waals surface area contributed by atoms with Gasteiger partial charge in [0.1, 0.15) is 11.1 Å². The lowest BCUT2D eigenvalue weighted by Crippen LogP contribution is -2.38. The minimum atomic E-state index is -0.303. The average molecular weight is 359 g/mol. The van der Waals surface area contributed by atoms with Gasteiger partial charge in [-0.3, -0.25) is 9.89 Å². The molecule has 0 saturated carbocycles. The number of piperidine rings is 1. The zero-order valence-corrected chi connectivity index (χ0v) is 16.0. The summed E-state index contributed by atoms with van der Waals surface area (Å²) in [7, 11) is 0. The Balaban J connectivity index is 1.84. The van der Waals surface area contributed by atoms with E-state index in [2.05, 4.69) is 36.0 Å². The molecule has 0 spiro atoms. The molecule has 1 amide bonds. The van der Waals surface area contributed by atoms with E-state index in [1.165, 1.54) is 18.2 Å². The average Bonchev–Trinajstić information content (AvgIpc) is 3.10. The van der Waals surface area contributed by atoms with Crippen LogP contribution in [0.1, 0.15) is 56.7 Å². The number of carbonyl (C=O) groups excluding carboxylic acids is 1. The van der Waals surface area contributed by atoms with Gasteiger partial charge in [0.25, 0.3) is 0 Å². The second-order valence-electron chi connectivity index (χ2n) is 7.51. The molecule has 1 aliphatic heterocycles. The zero-order chi connectivity index (χ0) is 17.9. The lowest BCUT2D eigenvalue weighted by Gasteiger charge is -2.30. The van der Waals surface area contributed by atoms with E-state index in [0.29, 0.717) is 5.16 Å². The van der Waals surface area contributed by atoms with E-state index in [-0.39, 0.29) is 16.6 Å². The van der Waals surface area contributed by atoms with Gasteiger partial charge in [0.05, 0.1) is 0 Å². The number of aromatic nitrogens is 3. The first kappa shape index (κ1) is 18.0. The maximum atomic E-state index is 13.1. The highest BCUT2D eigenvalue weighted by Crippen LogP contribution is 2.36. The lowest BCUT2D eigenvalue weighted by molar-refractivity contribution is -0.131. The van der Waals surface area contributed by atoms with Crippen molar-refractivity contribution in [3.05, 3.63) is 41.7 Å². The Hall–Kier alpha value is -1.82. The Kier molecular flexibility index (Phi) is 5.47. The van der Waals surface area contributed by atoms with Crippen molar-refractivity contribution < 1.29 is 4.79 Å². The van der Waals surface area contributed by atoms with Crippen molar-refractivity contribution in [1.29, 1.82) is 0 Å². The van der Waals surface area contributed by atoms with Gasteiger partial charge in [0, 0.05) is 18.5 Å². The first-order valence-electron chi connectivity index (χ1n) is 8.88. The number of thioether (sulfide) groups is 1. The van der Waals surface area contributed by atoms with E-state index in [0.717, 1.165) is 37.3 Å². The van der Waals surface area contributed by atoms with Crippen LogP contribution in [0.15, 0.2) is 35.5 Å². The molecule has 1 atom stereocenters. The predicted octanol–water partition coefficient (Wildman–Crippen LogP) is 3.95. The van der Waals surface area contributed by atoms with Crippen LogP contribution in [-0.2, 0) is 10.2 Å². The van der Waals surface area contributed by atoms with Crippen LogP contribution in [0.5, 0.6) is 0 Å². The Morgan fingerprint density at radius 3 is 2.44 bits per heavy atom. The van der Waals surface area contributed by atoms with Gasteiger partial charge in [-0.1, -0.05) is 62.9 Å². The Labute approximate surface area is 153 Å². The van der Waals surface area contributed by atoms with Gasteiger partial charge in [-0.2, -0.15) is 0 Å². The molecule has 2 aromatic rings. The summed E-state index contributed by atoms with van der Waals surface area (Å²) in [4.78, 5) is 19.7. The molecule has 1 saturated heterocycles. The molecule has 0 bridgehead atoms. The van der Waals surface area contributed by atoms with E-state index in [9.17, 15) is 4.79 Å². The highest BCUT2D eigenvalue weighted by Gasteiger charge is 2.30. The SMILES string of the molecule is CC(C)(C)c1nc(SC(C(=O)N2CCCCC2)c2ccccc2)n[nH]1. The summed E-state index contributed by atoms with van der Waals surface area (Å²) in [5.74, 6) is 1.00. The van der Waals surface area contributed by atoms with Crippen molar-refractivity contribution in [2.75, 3.05) is 13.1 Å². The van der Waals surface area contributed by atoms with Crippen LogP contribution in [-0.4, -0.2) is 39.1 Å². The van der Waals surface area contributed by atoms with Crippen LogP contribution < -0.4 is 0 Å². The molecule has 0 aliphatic carbocycles. The predicted molar refractivity (Wildman–Crippen MR) is 101 cm³/mol. The quantitative estimate of drug-likeness (QED) is 0.841. The number of nitrogens with zero attached hydrogens (tertiary/aromatic N) is 3. The molecule has 5 nitrogen and oxygen atoms in total. The third kappa shape index (κ3) is 4.42. The number of aromatic amines is 1. The molecule has 3 rings (SSSR count).